The van der Waals surface area contributed by atoms with E-state index in [1.165, 1.54) is 0 Å². The number of aromatic nitrogens is 3. The normalized spacial score (nSPS) is 11.1. The molecule has 0 bridgehead atoms. The molecule has 4 nitrogen and oxygen atoms in total. The molecule has 0 aliphatic carbocycles. The molecule has 1 aromatic rings. The van der Waals surface area contributed by atoms with Crippen LogP contribution in [0.25, 0.3) is 0 Å². The monoisotopic (exact) mass is 168 g/mol. The summed E-state index contributed by atoms with van der Waals surface area (Å²) in [5.41, 5.74) is 5.52. The highest BCUT2D eigenvalue weighted by atomic mass is 15.3. The summed E-state index contributed by atoms with van der Waals surface area (Å²) in [6.07, 6.45) is 0. The number of hydrogen-bond acceptors (Lipinski definition) is 3. The summed E-state index contributed by atoms with van der Waals surface area (Å²) in [6.45, 7) is 7.65. The van der Waals surface area contributed by atoms with Gasteiger partial charge in [0.05, 0.1) is 6.54 Å². The van der Waals surface area contributed by atoms with E-state index < -0.39 is 0 Å². The van der Waals surface area contributed by atoms with Crippen LogP contribution in [0, 0.1) is 0 Å². The Bertz CT molecular complexity index is 252. The van der Waals surface area contributed by atoms with E-state index in [1.54, 1.807) is 0 Å². The van der Waals surface area contributed by atoms with Crippen molar-refractivity contribution < 1.29 is 0 Å². The van der Waals surface area contributed by atoms with Crippen molar-refractivity contribution in [3.63, 3.8) is 0 Å². The number of rotatable bonds is 3. The molecule has 0 radical (unpaired) electrons. The van der Waals surface area contributed by atoms with Gasteiger partial charge in [-0.15, -0.1) is 10.2 Å². The molecule has 4 heteroatoms. The Balaban J connectivity index is 3.05. The summed E-state index contributed by atoms with van der Waals surface area (Å²) in [4.78, 5) is 0. The minimum absolute atomic E-state index is 0.415. The van der Waals surface area contributed by atoms with Crippen molar-refractivity contribution in [2.45, 2.75) is 39.8 Å². The second kappa shape index (κ2) is 3.67. The minimum atomic E-state index is 0.415. The van der Waals surface area contributed by atoms with Gasteiger partial charge < -0.3 is 10.3 Å². The molecule has 0 aliphatic rings. The summed E-state index contributed by atoms with van der Waals surface area (Å²) >= 11 is 0. The number of hydrogen-bond donors (Lipinski definition) is 1. The van der Waals surface area contributed by atoms with E-state index in [1.807, 2.05) is 0 Å². The molecule has 0 aromatic carbocycles. The Morgan fingerprint density at radius 3 is 2.50 bits per heavy atom. The van der Waals surface area contributed by atoms with Gasteiger partial charge in [-0.25, -0.2) is 0 Å². The van der Waals surface area contributed by atoms with Crippen molar-refractivity contribution in [1.82, 2.24) is 14.8 Å². The van der Waals surface area contributed by atoms with E-state index >= 15 is 0 Å². The molecule has 0 saturated heterocycles. The molecule has 1 heterocycles. The third-order valence-corrected chi connectivity index (χ3v) is 1.87. The molecule has 2 N–H and O–H groups in total. The van der Waals surface area contributed by atoms with Crippen LogP contribution in [0.2, 0.25) is 0 Å². The van der Waals surface area contributed by atoms with Crippen LogP contribution in [0.15, 0.2) is 0 Å². The average molecular weight is 168 g/mol. The maximum Gasteiger partial charge on any atom is 0.146 e. The first kappa shape index (κ1) is 9.19. The molecule has 1 rings (SSSR count). The Kier molecular flexibility index (Phi) is 2.81. The SMILES string of the molecule is CCn1c(CN)nnc1C(C)C. The first-order valence-electron chi connectivity index (χ1n) is 4.32. The van der Waals surface area contributed by atoms with Gasteiger partial charge in [-0.1, -0.05) is 13.8 Å². The van der Waals surface area contributed by atoms with Crippen LogP contribution in [0.5, 0.6) is 0 Å². The second-order valence-electron chi connectivity index (χ2n) is 3.08. The largest absolute Gasteiger partial charge is 0.324 e. The molecule has 0 amide bonds. The summed E-state index contributed by atoms with van der Waals surface area (Å²) in [5.74, 6) is 2.32. The quantitative estimate of drug-likeness (QED) is 0.729. The molecule has 1 aromatic heterocycles. The number of nitrogens with zero attached hydrogens (tertiary/aromatic N) is 3. The average Bonchev–Trinajstić information content (AvgIpc) is 2.46. The molecule has 68 valence electrons. The molecule has 0 saturated carbocycles. The van der Waals surface area contributed by atoms with Gasteiger partial charge in [-0.3, -0.25) is 0 Å². The van der Waals surface area contributed by atoms with Crippen molar-refractivity contribution in [1.29, 1.82) is 0 Å². The fourth-order valence-corrected chi connectivity index (χ4v) is 1.27. The molecule has 12 heavy (non-hydrogen) atoms. The highest BCUT2D eigenvalue weighted by molar-refractivity contribution is 4.99. The zero-order valence-corrected chi connectivity index (χ0v) is 7.91. The molecule has 0 fully saturated rings. The van der Waals surface area contributed by atoms with Crippen molar-refractivity contribution in [2.24, 2.45) is 5.73 Å². The lowest BCUT2D eigenvalue weighted by molar-refractivity contribution is 0.627. The van der Waals surface area contributed by atoms with Crippen molar-refractivity contribution in [3.8, 4) is 0 Å². The van der Waals surface area contributed by atoms with Gasteiger partial charge in [0.1, 0.15) is 11.6 Å². The van der Waals surface area contributed by atoms with Crippen molar-refractivity contribution in [3.05, 3.63) is 11.6 Å². The third-order valence-electron chi connectivity index (χ3n) is 1.87. The van der Waals surface area contributed by atoms with Crippen LogP contribution >= 0.6 is 0 Å². The topological polar surface area (TPSA) is 56.7 Å². The standard InChI is InChI=1S/C8H16N4/c1-4-12-7(5-9)10-11-8(12)6(2)3/h6H,4-5,9H2,1-3H3. The Morgan fingerprint density at radius 2 is 2.08 bits per heavy atom. The Morgan fingerprint density at radius 1 is 1.42 bits per heavy atom. The summed E-state index contributed by atoms with van der Waals surface area (Å²) in [5, 5.41) is 8.10. The van der Waals surface area contributed by atoms with E-state index in [9.17, 15) is 0 Å². The lowest BCUT2D eigenvalue weighted by Gasteiger charge is -2.07. The second-order valence-corrected chi connectivity index (χ2v) is 3.08. The number of nitrogens with two attached hydrogens (primary N) is 1. The lowest BCUT2D eigenvalue weighted by Crippen LogP contribution is -2.10. The molecule has 0 spiro atoms. The fraction of sp³-hybridized carbons (Fsp3) is 0.750. The maximum absolute atomic E-state index is 5.52. The predicted molar refractivity (Wildman–Crippen MR) is 47.7 cm³/mol. The molecule has 0 aliphatic heterocycles. The highest BCUT2D eigenvalue weighted by Crippen LogP contribution is 2.12. The van der Waals surface area contributed by atoms with Crippen molar-refractivity contribution >= 4 is 0 Å². The minimum Gasteiger partial charge on any atom is -0.324 e. The molecular weight excluding hydrogens is 152 g/mol. The summed E-state index contributed by atoms with van der Waals surface area (Å²) < 4.78 is 2.07. The van der Waals surface area contributed by atoms with Crippen LogP contribution in [-0.4, -0.2) is 14.8 Å². The maximum atomic E-state index is 5.52. The summed E-state index contributed by atoms with van der Waals surface area (Å²) in [7, 11) is 0. The van der Waals surface area contributed by atoms with Gasteiger partial charge >= 0.3 is 0 Å². The van der Waals surface area contributed by atoms with Crippen LogP contribution in [0.3, 0.4) is 0 Å². The van der Waals surface area contributed by atoms with Gasteiger partial charge in [0, 0.05) is 12.5 Å². The molecular formula is C8H16N4. The molecule has 0 unspecified atom stereocenters. The van der Waals surface area contributed by atoms with E-state index in [0.29, 0.717) is 12.5 Å². The zero-order valence-electron chi connectivity index (χ0n) is 7.91. The van der Waals surface area contributed by atoms with Gasteiger partial charge in [-0.2, -0.15) is 0 Å². The van der Waals surface area contributed by atoms with Gasteiger partial charge in [0.2, 0.25) is 0 Å². The highest BCUT2D eigenvalue weighted by Gasteiger charge is 2.11. The Labute approximate surface area is 72.8 Å². The smallest absolute Gasteiger partial charge is 0.146 e. The van der Waals surface area contributed by atoms with Gasteiger partial charge in [0.15, 0.2) is 0 Å². The van der Waals surface area contributed by atoms with E-state index in [2.05, 4.69) is 35.5 Å². The third kappa shape index (κ3) is 1.48. The predicted octanol–water partition coefficient (Wildman–Crippen LogP) is 0.880. The van der Waals surface area contributed by atoms with Crippen LogP contribution in [0.1, 0.15) is 38.3 Å². The lowest BCUT2D eigenvalue weighted by atomic mass is 10.2. The van der Waals surface area contributed by atoms with E-state index in [4.69, 9.17) is 5.73 Å². The van der Waals surface area contributed by atoms with Crippen molar-refractivity contribution in [2.75, 3.05) is 0 Å². The first-order valence-corrected chi connectivity index (χ1v) is 4.32. The zero-order chi connectivity index (χ0) is 9.14. The van der Waals surface area contributed by atoms with E-state index in [-0.39, 0.29) is 0 Å². The summed E-state index contributed by atoms with van der Waals surface area (Å²) in [6, 6.07) is 0. The van der Waals surface area contributed by atoms with Crippen LogP contribution in [0.4, 0.5) is 0 Å². The first-order chi connectivity index (χ1) is 5.70. The van der Waals surface area contributed by atoms with Crippen LogP contribution in [-0.2, 0) is 13.1 Å². The van der Waals surface area contributed by atoms with E-state index in [0.717, 1.165) is 18.2 Å². The van der Waals surface area contributed by atoms with Crippen LogP contribution < -0.4 is 5.73 Å². The fourth-order valence-electron chi connectivity index (χ4n) is 1.27. The van der Waals surface area contributed by atoms with Gasteiger partial charge in [0.25, 0.3) is 0 Å². The molecule has 0 atom stereocenters. The van der Waals surface area contributed by atoms with Gasteiger partial charge in [-0.05, 0) is 6.92 Å². The Hall–Kier alpha value is -0.900.